The number of carboxylic acids is 1. The van der Waals surface area contributed by atoms with Gasteiger partial charge in [-0.1, -0.05) is 12.1 Å². The summed E-state index contributed by atoms with van der Waals surface area (Å²) in [5.74, 6) is -1.30. The lowest BCUT2D eigenvalue weighted by Gasteiger charge is -2.25. The molecular weight excluding hydrogens is 284 g/mol. The van der Waals surface area contributed by atoms with E-state index in [0.29, 0.717) is 5.56 Å². The standard InChI is InChI=1S/C12H12N2O5S/c1-7(15)13-10(12(16)17)6-20-11(13)8-4-2-3-5-9(8)14(18)19/h2-5,10-11H,6H2,1H3,(H,16,17)/t10-,11+/m1/s1. The van der Waals surface area contributed by atoms with Crippen molar-refractivity contribution in [3.63, 3.8) is 0 Å². The van der Waals surface area contributed by atoms with E-state index in [0.717, 1.165) is 0 Å². The van der Waals surface area contributed by atoms with Gasteiger partial charge in [-0.15, -0.1) is 11.8 Å². The topological polar surface area (TPSA) is 101 Å². The summed E-state index contributed by atoms with van der Waals surface area (Å²) in [6, 6.07) is 5.11. The largest absolute Gasteiger partial charge is 0.480 e. The lowest BCUT2D eigenvalue weighted by molar-refractivity contribution is -0.385. The minimum absolute atomic E-state index is 0.109. The van der Waals surface area contributed by atoms with Crippen molar-refractivity contribution < 1.29 is 19.6 Å². The highest BCUT2D eigenvalue weighted by atomic mass is 32.2. The van der Waals surface area contributed by atoms with E-state index in [9.17, 15) is 19.7 Å². The molecule has 2 rings (SSSR count). The maximum atomic E-state index is 11.7. The normalized spacial score (nSPS) is 21.8. The molecule has 20 heavy (non-hydrogen) atoms. The van der Waals surface area contributed by atoms with Gasteiger partial charge in [-0.25, -0.2) is 4.79 Å². The molecule has 0 bridgehead atoms. The van der Waals surface area contributed by atoms with Crippen molar-refractivity contribution in [2.75, 3.05) is 5.75 Å². The maximum Gasteiger partial charge on any atom is 0.327 e. The lowest BCUT2D eigenvalue weighted by atomic mass is 10.1. The van der Waals surface area contributed by atoms with Gasteiger partial charge in [0.1, 0.15) is 11.4 Å². The summed E-state index contributed by atoms with van der Waals surface area (Å²) in [4.78, 5) is 34.6. The molecule has 1 heterocycles. The van der Waals surface area contributed by atoms with Crippen molar-refractivity contribution in [2.45, 2.75) is 18.3 Å². The van der Waals surface area contributed by atoms with Crippen LogP contribution in [0.15, 0.2) is 24.3 Å². The van der Waals surface area contributed by atoms with Crippen molar-refractivity contribution in [1.29, 1.82) is 0 Å². The van der Waals surface area contributed by atoms with E-state index in [4.69, 9.17) is 5.11 Å². The summed E-state index contributed by atoms with van der Waals surface area (Å²) in [5, 5.41) is 19.5. The average Bonchev–Trinajstić information content (AvgIpc) is 2.83. The molecule has 1 saturated heterocycles. The van der Waals surface area contributed by atoms with Crippen molar-refractivity contribution in [3.05, 3.63) is 39.9 Å². The Morgan fingerprint density at radius 1 is 1.45 bits per heavy atom. The molecule has 0 spiro atoms. The second-order valence-electron chi connectivity index (χ2n) is 4.28. The Kier molecular flexibility index (Phi) is 3.93. The van der Waals surface area contributed by atoms with Crippen LogP contribution in [0.3, 0.4) is 0 Å². The zero-order chi connectivity index (χ0) is 14.9. The van der Waals surface area contributed by atoms with E-state index in [1.54, 1.807) is 12.1 Å². The minimum Gasteiger partial charge on any atom is -0.480 e. The zero-order valence-electron chi connectivity index (χ0n) is 10.6. The van der Waals surface area contributed by atoms with Gasteiger partial charge < -0.3 is 10.0 Å². The number of nitrogens with zero attached hydrogens (tertiary/aromatic N) is 2. The van der Waals surface area contributed by atoms with Crippen LogP contribution in [-0.4, -0.2) is 38.6 Å². The number of carbonyl (C=O) groups is 2. The van der Waals surface area contributed by atoms with Crippen molar-refractivity contribution >= 4 is 29.3 Å². The molecule has 0 unspecified atom stereocenters. The molecule has 1 amide bonds. The third-order valence-electron chi connectivity index (χ3n) is 3.05. The first-order valence-corrected chi connectivity index (χ1v) is 6.85. The van der Waals surface area contributed by atoms with E-state index >= 15 is 0 Å². The number of para-hydroxylation sites is 1. The van der Waals surface area contributed by atoms with Gasteiger partial charge in [0.05, 0.1) is 10.5 Å². The van der Waals surface area contributed by atoms with Crippen LogP contribution in [0.25, 0.3) is 0 Å². The monoisotopic (exact) mass is 296 g/mol. The summed E-state index contributed by atoms with van der Waals surface area (Å²) in [7, 11) is 0. The number of rotatable bonds is 3. The summed E-state index contributed by atoms with van der Waals surface area (Å²) in [6.07, 6.45) is 0. The van der Waals surface area contributed by atoms with Crippen LogP contribution in [0, 0.1) is 10.1 Å². The SMILES string of the molecule is CC(=O)N1[C@@H](C(=O)O)CS[C@H]1c1ccccc1[N+](=O)[O-]. The number of nitro benzene ring substituents is 1. The first kappa shape index (κ1) is 14.3. The predicted molar refractivity (Wildman–Crippen MR) is 72.2 cm³/mol. The summed E-state index contributed by atoms with van der Waals surface area (Å²) < 4.78 is 0. The van der Waals surface area contributed by atoms with E-state index in [-0.39, 0.29) is 11.4 Å². The number of amides is 1. The van der Waals surface area contributed by atoms with Crippen molar-refractivity contribution in [3.8, 4) is 0 Å². The van der Waals surface area contributed by atoms with Gasteiger partial charge >= 0.3 is 5.97 Å². The van der Waals surface area contributed by atoms with Crippen molar-refractivity contribution in [2.24, 2.45) is 0 Å². The van der Waals surface area contributed by atoms with E-state index < -0.39 is 28.2 Å². The third-order valence-corrected chi connectivity index (χ3v) is 4.35. The smallest absolute Gasteiger partial charge is 0.327 e. The molecule has 0 aliphatic carbocycles. The highest BCUT2D eigenvalue weighted by molar-refractivity contribution is 7.99. The lowest BCUT2D eigenvalue weighted by Crippen LogP contribution is -2.41. The predicted octanol–water partition coefficient (Wildman–Crippen LogP) is 1.64. The Morgan fingerprint density at radius 3 is 2.65 bits per heavy atom. The van der Waals surface area contributed by atoms with Crippen molar-refractivity contribution in [1.82, 2.24) is 4.90 Å². The summed E-state index contributed by atoms with van der Waals surface area (Å²) >= 11 is 1.22. The van der Waals surface area contributed by atoms with Gasteiger partial charge in [0.25, 0.3) is 5.69 Å². The van der Waals surface area contributed by atoms with Gasteiger partial charge in [-0.05, 0) is 6.07 Å². The van der Waals surface area contributed by atoms with E-state index in [2.05, 4.69) is 0 Å². The molecule has 0 aromatic heterocycles. The molecular formula is C12H12N2O5S. The fourth-order valence-electron chi connectivity index (χ4n) is 2.18. The number of aliphatic carboxylic acids is 1. The number of carboxylic acid groups (broad SMARTS) is 1. The summed E-state index contributed by atoms with van der Waals surface area (Å²) in [5.41, 5.74) is 0.240. The van der Waals surface area contributed by atoms with Crippen LogP contribution in [0.4, 0.5) is 5.69 Å². The number of carbonyl (C=O) groups excluding carboxylic acids is 1. The quantitative estimate of drug-likeness (QED) is 0.672. The maximum absolute atomic E-state index is 11.7. The van der Waals surface area contributed by atoms with Gasteiger partial charge in [-0.2, -0.15) is 0 Å². The first-order chi connectivity index (χ1) is 9.43. The molecule has 1 fully saturated rings. The minimum atomic E-state index is -1.10. The molecule has 0 radical (unpaired) electrons. The highest BCUT2D eigenvalue weighted by Crippen LogP contribution is 2.44. The van der Waals surface area contributed by atoms with Crippen LogP contribution in [-0.2, 0) is 9.59 Å². The second kappa shape index (κ2) is 5.49. The number of hydrogen-bond donors (Lipinski definition) is 1. The molecule has 1 N–H and O–H groups in total. The number of benzene rings is 1. The Bertz CT molecular complexity index is 577. The van der Waals surface area contributed by atoms with Crippen LogP contribution < -0.4 is 0 Å². The fourth-order valence-corrected chi connectivity index (χ4v) is 3.69. The molecule has 2 atom stereocenters. The zero-order valence-corrected chi connectivity index (χ0v) is 11.4. The number of hydrogen-bond acceptors (Lipinski definition) is 5. The van der Waals surface area contributed by atoms with E-state index in [1.165, 1.54) is 35.7 Å². The molecule has 0 saturated carbocycles. The molecule has 106 valence electrons. The molecule has 1 aliphatic heterocycles. The van der Waals surface area contributed by atoms with Crippen LogP contribution in [0.2, 0.25) is 0 Å². The Hall–Kier alpha value is -2.09. The van der Waals surface area contributed by atoms with Crippen LogP contribution in [0.1, 0.15) is 17.9 Å². The Morgan fingerprint density at radius 2 is 2.10 bits per heavy atom. The van der Waals surface area contributed by atoms with Crippen LogP contribution >= 0.6 is 11.8 Å². The Labute approximate surface area is 118 Å². The van der Waals surface area contributed by atoms with Gasteiger partial charge in [0, 0.05) is 18.7 Å². The number of thioether (sulfide) groups is 1. The molecule has 1 aromatic carbocycles. The molecule has 1 aliphatic rings. The van der Waals surface area contributed by atoms with E-state index in [1.807, 2.05) is 0 Å². The Balaban J connectivity index is 2.45. The van der Waals surface area contributed by atoms with Crippen LogP contribution in [0.5, 0.6) is 0 Å². The average molecular weight is 296 g/mol. The summed E-state index contributed by atoms with van der Waals surface area (Å²) in [6.45, 7) is 1.27. The first-order valence-electron chi connectivity index (χ1n) is 5.80. The third kappa shape index (κ3) is 2.46. The van der Waals surface area contributed by atoms with Gasteiger partial charge in [0.2, 0.25) is 5.91 Å². The molecule has 1 aromatic rings. The fraction of sp³-hybridized carbons (Fsp3) is 0.333. The molecule has 7 nitrogen and oxygen atoms in total. The highest BCUT2D eigenvalue weighted by Gasteiger charge is 2.43. The van der Waals surface area contributed by atoms with Gasteiger partial charge in [-0.3, -0.25) is 14.9 Å². The van der Waals surface area contributed by atoms with Gasteiger partial charge in [0.15, 0.2) is 0 Å². The molecule has 8 heteroatoms. The second-order valence-corrected chi connectivity index (χ2v) is 5.40. The number of nitro groups is 1.